The Morgan fingerprint density at radius 3 is 2.82 bits per heavy atom. The summed E-state index contributed by atoms with van der Waals surface area (Å²) in [6, 6.07) is 7.99. The van der Waals surface area contributed by atoms with Crippen LogP contribution in [0.3, 0.4) is 0 Å². The first-order valence-corrected chi connectivity index (χ1v) is 7.54. The molecule has 5 heteroatoms. The maximum absolute atomic E-state index is 10.5. The molecule has 0 aliphatic rings. The highest BCUT2D eigenvalue weighted by Gasteiger charge is 2.24. The molecule has 1 aromatic heterocycles. The van der Waals surface area contributed by atoms with Gasteiger partial charge in [0, 0.05) is 31.9 Å². The first-order chi connectivity index (χ1) is 10.4. The molecule has 2 rings (SSSR count). The van der Waals surface area contributed by atoms with Crippen molar-refractivity contribution in [2.75, 3.05) is 6.54 Å². The van der Waals surface area contributed by atoms with E-state index >= 15 is 0 Å². The molecule has 0 bridgehead atoms. The molecule has 0 spiro atoms. The summed E-state index contributed by atoms with van der Waals surface area (Å²) in [4.78, 5) is 0. The number of aromatic nitrogens is 2. The van der Waals surface area contributed by atoms with E-state index in [1.54, 1.807) is 17.8 Å². The lowest BCUT2D eigenvalue weighted by Gasteiger charge is -2.22. The predicted octanol–water partition coefficient (Wildman–Crippen LogP) is 2.20. The molecule has 1 heterocycles. The summed E-state index contributed by atoms with van der Waals surface area (Å²) in [6.45, 7) is 6.93. The van der Waals surface area contributed by atoms with E-state index in [2.05, 4.69) is 10.4 Å². The van der Waals surface area contributed by atoms with Crippen LogP contribution >= 0.6 is 0 Å². The zero-order valence-corrected chi connectivity index (χ0v) is 13.7. The van der Waals surface area contributed by atoms with E-state index in [1.165, 1.54) is 0 Å². The van der Waals surface area contributed by atoms with Gasteiger partial charge in [-0.3, -0.25) is 4.68 Å². The van der Waals surface area contributed by atoms with E-state index in [4.69, 9.17) is 4.74 Å². The lowest BCUT2D eigenvalue weighted by Crippen LogP contribution is -2.34. The Balaban J connectivity index is 1.90. The first kappa shape index (κ1) is 16.5. The summed E-state index contributed by atoms with van der Waals surface area (Å²) < 4.78 is 7.38. The summed E-state index contributed by atoms with van der Waals surface area (Å²) in [7, 11) is 1.84. The van der Waals surface area contributed by atoms with Crippen molar-refractivity contribution in [1.29, 1.82) is 0 Å². The lowest BCUT2D eigenvalue weighted by molar-refractivity contribution is 0.0566. The van der Waals surface area contributed by atoms with Gasteiger partial charge in [0.1, 0.15) is 11.4 Å². The number of rotatable bonds is 7. The zero-order valence-electron chi connectivity index (χ0n) is 13.7. The maximum Gasteiger partial charge on any atom is 0.120 e. The molecular weight excluding hydrogens is 278 g/mol. The van der Waals surface area contributed by atoms with E-state index in [0.717, 1.165) is 16.9 Å². The minimum atomic E-state index is -0.944. The van der Waals surface area contributed by atoms with Gasteiger partial charge in [-0.25, -0.2) is 0 Å². The Kier molecular flexibility index (Phi) is 5.21. The molecule has 22 heavy (non-hydrogen) atoms. The average Bonchev–Trinajstić information content (AvgIpc) is 2.86. The van der Waals surface area contributed by atoms with Gasteiger partial charge in [0.2, 0.25) is 0 Å². The van der Waals surface area contributed by atoms with Crippen molar-refractivity contribution in [3.8, 4) is 5.75 Å². The Morgan fingerprint density at radius 2 is 2.18 bits per heavy atom. The number of hydrogen-bond acceptors (Lipinski definition) is 4. The van der Waals surface area contributed by atoms with Crippen molar-refractivity contribution < 1.29 is 9.84 Å². The molecule has 0 aliphatic carbocycles. The van der Waals surface area contributed by atoms with Crippen molar-refractivity contribution in [2.24, 2.45) is 7.05 Å². The highest BCUT2D eigenvalue weighted by Crippen LogP contribution is 2.19. The van der Waals surface area contributed by atoms with E-state index < -0.39 is 5.60 Å². The number of benzene rings is 1. The van der Waals surface area contributed by atoms with E-state index in [-0.39, 0.29) is 6.10 Å². The second kappa shape index (κ2) is 6.94. The Morgan fingerprint density at radius 1 is 1.41 bits per heavy atom. The van der Waals surface area contributed by atoms with Gasteiger partial charge in [0.25, 0.3) is 0 Å². The van der Waals surface area contributed by atoms with Crippen molar-refractivity contribution in [1.82, 2.24) is 15.1 Å². The van der Waals surface area contributed by atoms with Crippen LogP contribution in [0.4, 0.5) is 0 Å². The molecular formula is C17H25N3O2. The molecule has 5 nitrogen and oxygen atoms in total. The molecule has 1 aromatic carbocycles. The van der Waals surface area contributed by atoms with Crippen molar-refractivity contribution in [3.05, 3.63) is 47.8 Å². The topological polar surface area (TPSA) is 59.3 Å². The quantitative estimate of drug-likeness (QED) is 0.823. The molecule has 0 amide bonds. The standard InChI is InChI=1S/C17H25N3O2/c1-13(2)22-16-7-5-6-14(8-16)9-18-12-17(3,21)15-10-19-20(4)11-15/h5-8,10-11,13,18,21H,9,12H2,1-4H3. The molecule has 0 fully saturated rings. The van der Waals surface area contributed by atoms with Crippen LogP contribution in [0.15, 0.2) is 36.7 Å². The average molecular weight is 303 g/mol. The van der Waals surface area contributed by atoms with Crippen LogP contribution in [-0.4, -0.2) is 27.5 Å². The third kappa shape index (κ3) is 4.58. The second-order valence-electron chi connectivity index (χ2n) is 6.09. The smallest absolute Gasteiger partial charge is 0.120 e. The van der Waals surface area contributed by atoms with E-state index in [1.807, 2.05) is 51.4 Å². The SMILES string of the molecule is CC(C)Oc1cccc(CNCC(C)(O)c2cnn(C)c2)c1. The monoisotopic (exact) mass is 303 g/mol. The number of aliphatic hydroxyl groups is 1. The van der Waals surface area contributed by atoms with Crippen molar-refractivity contribution >= 4 is 0 Å². The highest BCUT2D eigenvalue weighted by atomic mass is 16.5. The highest BCUT2D eigenvalue weighted by molar-refractivity contribution is 5.28. The number of hydrogen-bond donors (Lipinski definition) is 2. The minimum Gasteiger partial charge on any atom is -0.491 e. The van der Waals surface area contributed by atoms with Gasteiger partial charge >= 0.3 is 0 Å². The normalized spacial score (nSPS) is 14.1. The fourth-order valence-corrected chi connectivity index (χ4v) is 2.25. The summed E-state index contributed by atoms with van der Waals surface area (Å²) in [5, 5.41) is 17.9. The van der Waals surface area contributed by atoms with Crippen molar-refractivity contribution in [3.63, 3.8) is 0 Å². The second-order valence-corrected chi connectivity index (χ2v) is 6.09. The Labute approximate surface area is 131 Å². The molecule has 120 valence electrons. The third-order valence-electron chi connectivity index (χ3n) is 3.40. The number of nitrogens with zero attached hydrogens (tertiary/aromatic N) is 2. The summed E-state index contributed by atoms with van der Waals surface area (Å²) in [6.07, 6.45) is 3.69. The Hall–Kier alpha value is -1.85. The number of ether oxygens (including phenoxy) is 1. The fourth-order valence-electron chi connectivity index (χ4n) is 2.25. The zero-order chi connectivity index (χ0) is 16.2. The van der Waals surface area contributed by atoms with Crippen LogP contribution in [0.1, 0.15) is 31.9 Å². The van der Waals surface area contributed by atoms with Crippen LogP contribution in [-0.2, 0) is 19.2 Å². The fraction of sp³-hybridized carbons (Fsp3) is 0.471. The number of nitrogens with one attached hydrogen (secondary N) is 1. The van der Waals surface area contributed by atoms with Gasteiger partial charge in [-0.05, 0) is 38.5 Å². The molecule has 2 aromatic rings. The lowest BCUT2D eigenvalue weighted by atomic mass is 9.99. The van der Waals surface area contributed by atoms with Gasteiger partial charge in [-0.1, -0.05) is 12.1 Å². The van der Waals surface area contributed by atoms with Gasteiger partial charge < -0.3 is 15.2 Å². The number of aryl methyl sites for hydroxylation is 1. The Bertz CT molecular complexity index is 605. The van der Waals surface area contributed by atoms with Crippen LogP contribution in [0.25, 0.3) is 0 Å². The summed E-state index contributed by atoms with van der Waals surface area (Å²) in [5.41, 5.74) is 0.986. The van der Waals surface area contributed by atoms with Crippen molar-refractivity contribution in [2.45, 2.75) is 39.0 Å². The van der Waals surface area contributed by atoms with Gasteiger partial charge in [-0.2, -0.15) is 5.10 Å². The summed E-state index contributed by atoms with van der Waals surface area (Å²) in [5.74, 6) is 0.869. The molecule has 0 radical (unpaired) electrons. The minimum absolute atomic E-state index is 0.162. The maximum atomic E-state index is 10.5. The van der Waals surface area contributed by atoms with E-state index in [9.17, 15) is 5.11 Å². The van der Waals surface area contributed by atoms with Crippen LogP contribution in [0, 0.1) is 0 Å². The predicted molar refractivity (Wildman–Crippen MR) is 86.7 cm³/mol. The third-order valence-corrected chi connectivity index (χ3v) is 3.40. The molecule has 0 aliphatic heterocycles. The molecule has 0 saturated heterocycles. The van der Waals surface area contributed by atoms with Gasteiger partial charge in [0.15, 0.2) is 0 Å². The van der Waals surface area contributed by atoms with Gasteiger partial charge in [-0.15, -0.1) is 0 Å². The van der Waals surface area contributed by atoms with E-state index in [0.29, 0.717) is 13.1 Å². The van der Waals surface area contributed by atoms with Crippen LogP contribution < -0.4 is 10.1 Å². The van der Waals surface area contributed by atoms with Crippen LogP contribution in [0.2, 0.25) is 0 Å². The molecule has 1 atom stereocenters. The molecule has 0 saturated carbocycles. The molecule has 1 unspecified atom stereocenters. The molecule has 2 N–H and O–H groups in total. The largest absolute Gasteiger partial charge is 0.491 e. The van der Waals surface area contributed by atoms with Crippen LogP contribution in [0.5, 0.6) is 5.75 Å². The first-order valence-electron chi connectivity index (χ1n) is 7.54. The summed E-state index contributed by atoms with van der Waals surface area (Å²) >= 11 is 0. The van der Waals surface area contributed by atoms with Gasteiger partial charge in [0.05, 0.1) is 12.3 Å².